The standard InChI is InChI=1S/C16H13ClO4/c1-11(18)21-15-8-7-13(9-14(15)16(17)19)20-10-12-5-3-2-4-6-12/h2-9H,10H2,1H3. The Morgan fingerprint density at radius 3 is 2.43 bits per heavy atom. The van der Waals surface area contributed by atoms with E-state index in [-0.39, 0.29) is 11.3 Å². The van der Waals surface area contributed by atoms with Crippen LogP contribution in [0.4, 0.5) is 0 Å². The van der Waals surface area contributed by atoms with E-state index in [0.717, 1.165) is 5.56 Å². The SMILES string of the molecule is CC(=O)Oc1ccc(OCc2ccccc2)cc1C(=O)Cl. The molecule has 0 saturated carbocycles. The first-order valence-electron chi connectivity index (χ1n) is 6.25. The van der Waals surface area contributed by atoms with Gasteiger partial charge in [-0.2, -0.15) is 0 Å². The van der Waals surface area contributed by atoms with E-state index < -0.39 is 11.2 Å². The summed E-state index contributed by atoms with van der Waals surface area (Å²) in [5.74, 6) is 0.0698. The first-order valence-corrected chi connectivity index (χ1v) is 6.63. The van der Waals surface area contributed by atoms with Crippen molar-refractivity contribution in [2.75, 3.05) is 0 Å². The quantitative estimate of drug-likeness (QED) is 0.481. The van der Waals surface area contributed by atoms with Crippen LogP contribution in [0, 0.1) is 0 Å². The molecule has 0 atom stereocenters. The van der Waals surface area contributed by atoms with Crippen molar-refractivity contribution in [2.45, 2.75) is 13.5 Å². The molecule has 0 spiro atoms. The summed E-state index contributed by atoms with van der Waals surface area (Å²) in [5.41, 5.74) is 1.10. The van der Waals surface area contributed by atoms with Gasteiger partial charge in [-0.15, -0.1) is 0 Å². The molecule has 0 aliphatic carbocycles. The van der Waals surface area contributed by atoms with E-state index in [0.29, 0.717) is 12.4 Å². The molecule has 0 fully saturated rings. The molecular formula is C16H13ClO4. The van der Waals surface area contributed by atoms with Crippen molar-refractivity contribution < 1.29 is 19.1 Å². The zero-order chi connectivity index (χ0) is 15.2. The molecule has 108 valence electrons. The Morgan fingerprint density at radius 2 is 1.81 bits per heavy atom. The van der Waals surface area contributed by atoms with Crippen molar-refractivity contribution in [3.8, 4) is 11.5 Å². The molecule has 0 aromatic heterocycles. The van der Waals surface area contributed by atoms with Crippen molar-refractivity contribution in [3.63, 3.8) is 0 Å². The van der Waals surface area contributed by atoms with E-state index in [4.69, 9.17) is 21.1 Å². The molecule has 0 N–H and O–H groups in total. The number of benzene rings is 2. The van der Waals surface area contributed by atoms with E-state index >= 15 is 0 Å². The van der Waals surface area contributed by atoms with Crippen LogP contribution in [0.15, 0.2) is 48.5 Å². The largest absolute Gasteiger partial charge is 0.489 e. The predicted molar refractivity (Wildman–Crippen MR) is 78.7 cm³/mol. The molecule has 0 aliphatic rings. The maximum Gasteiger partial charge on any atom is 0.308 e. The van der Waals surface area contributed by atoms with Crippen LogP contribution >= 0.6 is 11.6 Å². The average Bonchev–Trinajstić information content (AvgIpc) is 2.46. The summed E-state index contributed by atoms with van der Waals surface area (Å²) in [7, 11) is 0. The maximum absolute atomic E-state index is 11.4. The zero-order valence-electron chi connectivity index (χ0n) is 11.3. The lowest BCUT2D eigenvalue weighted by Gasteiger charge is -2.10. The smallest absolute Gasteiger partial charge is 0.308 e. The summed E-state index contributed by atoms with van der Waals surface area (Å²) in [6.45, 7) is 1.62. The molecule has 0 aliphatic heterocycles. The zero-order valence-corrected chi connectivity index (χ0v) is 12.1. The third-order valence-corrected chi connectivity index (χ3v) is 2.87. The number of carbonyl (C=O) groups excluding carboxylic acids is 2. The molecule has 0 amide bonds. The van der Waals surface area contributed by atoms with Gasteiger partial charge < -0.3 is 9.47 Å². The van der Waals surface area contributed by atoms with Crippen molar-refractivity contribution in [1.82, 2.24) is 0 Å². The van der Waals surface area contributed by atoms with Gasteiger partial charge in [-0.1, -0.05) is 30.3 Å². The normalized spacial score (nSPS) is 10.0. The summed E-state index contributed by atoms with van der Waals surface area (Å²) < 4.78 is 10.5. The predicted octanol–water partition coefficient (Wildman–Crippen LogP) is 3.57. The summed E-state index contributed by atoms with van der Waals surface area (Å²) >= 11 is 5.50. The second-order valence-electron chi connectivity index (χ2n) is 4.30. The Labute approximate surface area is 127 Å². The highest BCUT2D eigenvalue weighted by atomic mass is 35.5. The number of halogens is 1. The van der Waals surface area contributed by atoms with Gasteiger partial charge in [0.25, 0.3) is 5.24 Å². The summed E-state index contributed by atoms with van der Waals surface area (Å²) in [4.78, 5) is 22.4. The number of hydrogen-bond donors (Lipinski definition) is 0. The van der Waals surface area contributed by atoms with E-state index in [1.54, 1.807) is 6.07 Å². The van der Waals surface area contributed by atoms with Gasteiger partial charge in [-0.05, 0) is 35.4 Å². The minimum absolute atomic E-state index is 0.0948. The minimum atomic E-state index is -0.712. The average molecular weight is 305 g/mol. The van der Waals surface area contributed by atoms with Gasteiger partial charge in [0.2, 0.25) is 0 Å². The van der Waals surface area contributed by atoms with Gasteiger partial charge in [-0.25, -0.2) is 0 Å². The monoisotopic (exact) mass is 304 g/mol. The second kappa shape index (κ2) is 6.90. The fourth-order valence-corrected chi connectivity index (χ4v) is 1.88. The number of hydrogen-bond acceptors (Lipinski definition) is 4. The molecule has 5 heteroatoms. The third kappa shape index (κ3) is 4.33. The van der Waals surface area contributed by atoms with Gasteiger partial charge in [-0.3, -0.25) is 9.59 Å². The molecule has 0 radical (unpaired) electrons. The first kappa shape index (κ1) is 15.1. The van der Waals surface area contributed by atoms with Crippen LogP contribution in [-0.4, -0.2) is 11.2 Å². The molecule has 0 heterocycles. The lowest BCUT2D eigenvalue weighted by atomic mass is 10.2. The Morgan fingerprint density at radius 1 is 1.10 bits per heavy atom. The van der Waals surface area contributed by atoms with E-state index in [1.165, 1.54) is 19.1 Å². The lowest BCUT2D eigenvalue weighted by Crippen LogP contribution is -2.06. The molecule has 2 aromatic rings. The van der Waals surface area contributed by atoms with Crippen molar-refractivity contribution in [3.05, 3.63) is 59.7 Å². The molecule has 21 heavy (non-hydrogen) atoms. The van der Waals surface area contributed by atoms with Gasteiger partial charge in [0.05, 0.1) is 5.56 Å². The van der Waals surface area contributed by atoms with Crippen LogP contribution in [0.2, 0.25) is 0 Å². The van der Waals surface area contributed by atoms with Crippen molar-refractivity contribution in [2.24, 2.45) is 0 Å². The van der Waals surface area contributed by atoms with Gasteiger partial charge in [0.15, 0.2) is 0 Å². The number of carbonyl (C=O) groups is 2. The Kier molecular flexibility index (Phi) is 4.95. The second-order valence-corrected chi connectivity index (χ2v) is 4.64. The van der Waals surface area contributed by atoms with E-state index in [9.17, 15) is 9.59 Å². The molecule has 0 unspecified atom stereocenters. The van der Waals surface area contributed by atoms with Gasteiger partial charge in [0, 0.05) is 6.92 Å². The van der Waals surface area contributed by atoms with Crippen molar-refractivity contribution in [1.29, 1.82) is 0 Å². The lowest BCUT2D eigenvalue weighted by molar-refractivity contribution is -0.131. The van der Waals surface area contributed by atoms with E-state index in [2.05, 4.69) is 0 Å². The Hall–Kier alpha value is -2.33. The maximum atomic E-state index is 11.4. The number of rotatable bonds is 5. The third-order valence-electron chi connectivity index (χ3n) is 2.66. The van der Waals surface area contributed by atoms with Crippen LogP contribution in [0.1, 0.15) is 22.8 Å². The summed E-state index contributed by atoms with van der Waals surface area (Å²) in [6, 6.07) is 14.2. The van der Waals surface area contributed by atoms with Crippen LogP contribution in [-0.2, 0) is 11.4 Å². The van der Waals surface area contributed by atoms with Gasteiger partial charge in [0.1, 0.15) is 18.1 Å². The summed E-state index contributed by atoms with van der Waals surface area (Å²) in [5, 5.41) is -0.712. The van der Waals surface area contributed by atoms with Crippen LogP contribution in [0.25, 0.3) is 0 Å². The topological polar surface area (TPSA) is 52.6 Å². The first-order chi connectivity index (χ1) is 10.1. The molecule has 2 rings (SSSR count). The molecule has 0 bridgehead atoms. The Bertz CT molecular complexity index is 653. The van der Waals surface area contributed by atoms with Crippen LogP contribution < -0.4 is 9.47 Å². The highest BCUT2D eigenvalue weighted by Crippen LogP contribution is 2.26. The fraction of sp³-hybridized carbons (Fsp3) is 0.125. The number of esters is 1. The molecule has 0 saturated heterocycles. The Balaban J connectivity index is 2.16. The van der Waals surface area contributed by atoms with Crippen LogP contribution in [0.3, 0.4) is 0 Å². The summed E-state index contributed by atoms with van der Waals surface area (Å²) in [6.07, 6.45) is 0. The molecule has 4 nitrogen and oxygen atoms in total. The van der Waals surface area contributed by atoms with Crippen molar-refractivity contribution >= 4 is 22.8 Å². The highest BCUT2D eigenvalue weighted by molar-refractivity contribution is 6.68. The molecular weight excluding hydrogens is 292 g/mol. The number of ether oxygens (including phenoxy) is 2. The van der Waals surface area contributed by atoms with Gasteiger partial charge >= 0.3 is 5.97 Å². The molecule has 2 aromatic carbocycles. The highest BCUT2D eigenvalue weighted by Gasteiger charge is 2.13. The van der Waals surface area contributed by atoms with Crippen LogP contribution in [0.5, 0.6) is 11.5 Å². The fourth-order valence-electron chi connectivity index (χ4n) is 1.74. The minimum Gasteiger partial charge on any atom is -0.489 e. The van der Waals surface area contributed by atoms with E-state index in [1.807, 2.05) is 30.3 Å².